The van der Waals surface area contributed by atoms with Crippen LogP contribution in [0.1, 0.15) is 25.0 Å². The van der Waals surface area contributed by atoms with Crippen molar-refractivity contribution in [3.05, 3.63) is 157 Å². The third kappa shape index (κ3) is 3.35. The summed E-state index contributed by atoms with van der Waals surface area (Å²) in [5.74, 6) is 0. The van der Waals surface area contributed by atoms with Crippen molar-refractivity contribution in [3.8, 4) is 33.4 Å². The predicted molar refractivity (Wildman–Crippen MR) is 203 cm³/mol. The van der Waals surface area contributed by atoms with Crippen LogP contribution in [-0.4, -0.2) is 0 Å². The van der Waals surface area contributed by atoms with Crippen LogP contribution in [0.4, 0.5) is 0 Å². The molecule has 0 bridgehead atoms. The second-order valence-electron chi connectivity index (χ2n) is 14.1. The molecule has 1 nitrogen and oxygen atoms in total. The first-order valence-corrected chi connectivity index (χ1v) is 16.8. The first-order valence-electron chi connectivity index (χ1n) is 16.8. The third-order valence-corrected chi connectivity index (χ3v) is 11.2. The molecule has 0 radical (unpaired) electrons. The number of benzene rings is 9. The lowest BCUT2D eigenvalue weighted by atomic mass is 9.82. The molecule has 0 aliphatic heterocycles. The Kier molecular flexibility index (Phi) is 4.97. The van der Waals surface area contributed by atoms with Crippen LogP contribution in [0, 0.1) is 0 Å². The van der Waals surface area contributed by atoms with Crippen LogP contribution < -0.4 is 0 Å². The number of furan rings is 1. The first kappa shape index (κ1) is 26.2. The fourth-order valence-corrected chi connectivity index (χ4v) is 8.89. The Balaban J connectivity index is 1.17. The van der Waals surface area contributed by atoms with Crippen molar-refractivity contribution in [3.63, 3.8) is 0 Å². The van der Waals surface area contributed by atoms with Crippen LogP contribution in [0.15, 0.2) is 150 Å². The van der Waals surface area contributed by atoms with Gasteiger partial charge in [0.15, 0.2) is 0 Å². The maximum absolute atomic E-state index is 6.64. The molecule has 9 aromatic carbocycles. The maximum Gasteiger partial charge on any atom is 0.136 e. The van der Waals surface area contributed by atoms with Crippen LogP contribution in [0.25, 0.3) is 98.4 Å². The molecule has 0 saturated heterocycles. The second-order valence-corrected chi connectivity index (χ2v) is 14.1. The van der Waals surface area contributed by atoms with E-state index in [1.807, 2.05) is 0 Å². The van der Waals surface area contributed by atoms with E-state index in [1.165, 1.54) is 98.4 Å². The average molecular weight is 611 g/mol. The van der Waals surface area contributed by atoms with Crippen LogP contribution in [0.5, 0.6) is 0 Å². The van der Waals surface area contributed by atoms with Gasteiger partial charge < -0.3 is 4.42 Å². The van der Waals surface area contributed by atoms with E-state index in [4.69, 9.17) is 4.42 Å². The molecule has 224 valence electrons. The van der Waals surface area contributed by atoms with Crippen molar-refractivity contribution >= 4 is 65.0 Å². The Labute approximate surface area is 278 Å². The molecule has 1 aromatic heterocycles. The smallest absolute Gasteiger partial charge is 0.136 e. The lowest BCUT2D eigenvalue weighted by Crippen LogP contribution is -2.14. The lowest BCUT2D eigenvalue weighted by Gasteiger charge is -2.21. The average Bonchev–Trinajstić information content (AvgIpc) is 3.61. The van der Waals surface area contributed by atoms with Gasteiger partial charge in [-0.1, -0.05) is 135 Å². The van der Waals surface area contributed by atoms with Crippen molar-refractivity contribution < 1.29 is 4.42 Å². The van der Waals surface area contributed by atoms with Gasteiger partial charge in [0.1, 0.15) is 11.2 Å². The fraction of sp³-hybridized carbons (Fsp3) is 0.0638. The van der Waals surface area contributed by atoms with Crippen molar-refractivity contribution in [2.75, 3.05) is 0 Å². The van der Waals surface area contributed by atoms with E-state index >= 15 is 0 Å². The number of rotatable bonds is 2. The molecule has 10 aromatic rings. The van der Waals surface area contributed by atoms with Crippen LogP contribution in [0.3, 0.4) is 0 Å². The number of hydrogen-bond acceptors (Lipinski definition) is 1. The summed E-state index contributed by atoms with van der Waals surface area (Å²) >= 11 is 0. The molecule has 0 fully saturated rings. The summed E-state index contributed by atoms with van der Waals surface area (Å²) in [4.78, 5) is 0. The van der Waals surface area contributed by atoms with E-state index in [-0.39, 0.29) is 5.41 Å². The maximum atomic E-state index is 6.64. The zero-order valence-electron chi connectivity index (χ0n) is 26.8. The molecular formula is C47H30O. The minimum Gasteiger partial charge on any atom is -0.456 e. The molecule has 1 heterocycles. The molecule has 0 amide bonds. The first-order chi connectivity index (χ1) is 23.5. The summed E-state index contributed by atoms with van der Waals surface area (Å²) < 4.78 is 6.64. The predicted octanol–water partition coefficient (Wildman–Crippen LogP) is 13.3. The van der Waals surface area contributed by atoms with Gasteiger partial charge in [0.05, 0.1) is 0 Å². The molecule has 0 N–H and O–H groups in total. The van der Waals surface area contributed by atoms with Gasteiger partial charge in [-0.3, -0.25) is 0 Å². The van der Waals surface area contributed by atoms with Gasteiger partial charge in [0, 0.05) is 16.2 Å². The standard InChI is InChI=1S/C47H30O/c1-47(2)40-12-6-5-10-34(40)38-26-43-39(25-41(38)47)46-35(11-7-13-42(46)48-43)33-21-17-29-18-22-36-32(20-16-28-19-23-37(33)45(29)44(28)36)31-15-14-27-8-3-4-9-30(27)24-31/h3-26H,1-2H3. The summed E-state index contributed by atoms with van der Waals surface area (Å²) in [6.07, 6.45) is 0. The second kappa shape index (κ2) is 9.12. The highest BCUT2D eigenvalue weighted by Crippen LogP contribution is 2.52. The SMILES string of the molecule is CC1(C)c2ccccc2-c2cc3oc4cccc(-c5ccc6ccc7c(-c8ccc9ccccc9c8)ccc8ccc5c6c87)c4c3cc21. The minimum absolute atomic E-state index is 0.0750. The van der Waals surface area contributed by atoms with Crippen LogP contribution in [-0.2, 0) is 5.41 Å². The summed E-state index contributed by atoms with van der Waals surface area (Å²) in [6, 6.07) is 53.9. The van der Waals surface area contributed by atoms with Gasteiger partial charge in [-0.2, -0.15) is 0 Å². The van der Waals surface area contributed by atoms with Gasteiger partial charge in [0.25, 0.3) is 0 Å². The van der Waals surface area contributed by atoms with Crippen LogP contribution >= 0.6 is 0 Å². The number of hydrogen-bond donors (Lipinski definition) is 0. The van der Waals surface area contributed by atoms with Crippen molar-refractivity contribution in [1.82, 2.24) is 0 Å². The van der Waals surface area contributed by atoms with E-state index < -0.39 is 0 Å². The van der Waals surface area contributed by atoms with E-state index in [0.717, 1.165) is 11.2 Å². The molecule has 0 saturated carbocycles. The monoisotopic (exact) mass is 610 g/mol. The Morgan fingerprint density at radius 2 is 1.04 bits per heavy atom. The molecule has 0 unspecified atom stereocenters. The van der Waals surface area contributed by atoms with Crippen molar-refractivity contribution in [2.45, 2.75) is 19.3 Å². The minimum atomic E-state index is -0.0750. The molecule has 1 aliphatic rings. The zero-order valence-corrected chi connectivity index (χ0v) is 26.8. The quantitative estimate of drug-likeness (QED) is 0.178. The molecule has 1 aliphatic carbocycles. The number of fused-ring (bicyclic) bond motifs is 7. The molecule has 48 heavy (non-hydrogen) atoms. The summed E-state index contributed by atoms with van der Waals surface area (Å²) in [7, 11) is 0. The van der Waals surface area contributed by atoms with E-state index in [0.29, 0.717) is 0 Å². The highest BCUT2D eigenvalue weighted by Gasteiger charge is 2.36. The lowest BCUT2D eigenvalue weighted by molar-refractivity contribution is 0.658. The van der Waals surface area contributed by atoms with Crippen molar-refractivity contribution in [1.29, 1.82) is 0 Å². The fourth-order valence-electron chi connectivity index (χ4n) is 8.89. The van der Waals surface area contributed by atoms with E-state index in [9.17, 15) is 0 Å². The molecule has 0 atom stereocenters. The van der Waals surface area contributed by atoms with E-state index in [2.05, 4.69) is 159 Å². The van der Waals surface area contributed by atoms with Gasteiger partial charge in [-0.15, -0.1) is 0 Å². The zero-order chi connectivity index (χ0) is 31.7. The van der Waals surface area contributed by atoms with Gasteiger partial charge in [0.2, 0.25) is 0 Å². The van der Waals surface area contributed by atoms with Gasteiger partial charge in [-0.25, -0.2) is 0 Å². The largest absolute Gasteiger partial charge is 0.456 e. The Morgan fingerprint density at radius 3 is 1.88 bits per heavy atom. The molecule has 1 heteroatoms. The summed E-state index contributed by atoms with van der Waals surface area (Å²) in [6.45, 7) is 4.69. The third-order valence-electron chi connectivity index (χ3n) is 11.2. The molecule has 11 rings (SSSR count). The molecular weight excluding hydrogens is 581 g/mol. The normalized spacial score (nSPS) is 13.8. The van der Waals surface area contributed by atoms with Gasteiger partial charge in [-0.05, 0) is 112 Å². The summed E-state index contributed by atoms with van der Waals surface area (Å²) in [5, 5.41) is 12.7. The Hall–Kier alpha value is -5.92. The van der Waals surface area contributed by atoms with Gasteiger partial charge >= 0.3 is 0 Å². The highest BCUT2D eigenvalue weighted by atomic mass is 16.3. The highest BCUT2D eigenvalue weighted by molar-refractivity contribution is 6.29. The Morgan fingerprint density at radius 1 is 0.375 bits per heavy atom. The summed E-state index contributed by atoms with van der Waals surface area (Å²) in [5.41, 5.74) is 12.1. The van der Waals surface area contributed by atoms with Crippen LogP contribution in [0.2, 0.25) is 0 Å². The Bertz CT molecular complexity index is 2970. The van der Waals surface area contributed by atoms with E-state index in [1.54, 1.807) is 0 Å². The topological polar surface area (TPSA) is 13.1 Å². The van der Waals surface area contributed by atoms with Crippen molar-refractivity contribution in [2.24, 2.45) is 0 Å². The molecule has 0 spiro atoms.